The Bertz CT molecular complexity index is 374. The van der Waals surface area contributed by atoms with E-state index in [1.807, 2.05) is 0 Å². The molecule has 0 saturated carbocycles. The second kappa shape index (κ2) is 7.48. The maximum Gasteiger partial charge on any atom is 0.252 e. The van der Waals surface area contributed by atoms with E-state index >= 15 is 0 Å². The van der Waals surface area contributed by atoms with Gasteiger partial charge in [0.05, 0.1) is 22.6 Å². The molecule has 0 aromatic carbocycles. The van der Waals surface area contributed by atoms with Gasteiger partial charge in [0.1, 0.15) is 0 Å². The number of pyridine rings is 1. The molecular weight excluding hydrogens is 263 g/mol. The van der Waals surface area contributed by atoms with E-state index in [2.05, 4.69) is 10.3 Å². The fourth-order valence-electron chi connectivity index (χ4n) is 1.26. The third-order valence-corrected chi connectivity index (χ3v) is 2.75. The van der Waals surface area contributed by atoms with Crippen LogP contribution >= 0.6 is 23.2 Å². The minimum absolute atomic E-state index is 0.104. The molecule has 0 aliphatic rings. The van der Waals surface area contributed by atoms with Crippen molar-refractivity contribution < 1.29 is 9.53 Å². The fraction of sp³-hybridized carbons (Fsp3) is 0.455. The molecule has 0 spiro atoms. The predicted molar refractivity (Wildman–Crippen MR) is 67.7 cm³/mol. The van der Waals surface area contributed by atoms with Gasteiger partial charge in [-0.3, -0.25) is 9.78 Å². The molecule has 1 aromatic rings. The molecular formula is C11H14Cl2N2O2. The standard InChI is InChI=1S/C11H14Cl2N2O2/c1-17-7-8(12)2-5-15-11(16)9-3-4-14-6-10(9)13/h3-4,6,8H,2,5,7H2,1H3,(H,15,16). The SMILES string of the molecule is COCC(Cl)CCNC(=O)c1ccncc1Cl. The van der Waals surface area contributed by atoms with Crippen LogP contribution in [-0.4, -0.2) is 36.5 Å². The Kier molecular flexibility index (Phi) is 6.26. The lowest BCUT2D eigenvalue weighted by molar-refractivity contribution is 0.0951. The lowest BCUT2D eigenvalue weighted by Crippen LogP contribution is -2.27. The number of rotatable bonds is 6. The summed E-state index contributed by atoms with van der Waals surface area (Å²) in [6.45, 7) is 0.947. The first kappa shape index (κ1) is 14.2. The van der Waals surface area contributed by atoms with E-state index in [-0.39, 0.29) is 11.3 Å². The zero-order chi connectivity index (χ0) is 12.7. The molecule has 0 radical (unpaired) electrons. The van der Waals surface area contributed by atoms with Crippen LogP contribution in [0.2, 0.25) is 5.02 Å². The summed E-state index contributed by atoms with van der Waals surface area (Å²) in [4.78, 5) is 15.5. The van der Waals surface area contributed by atoms with Gasteiger partial charge in [0.25, 0.3) is 5.91 Å². The van der Waals surface area contributed by atoms with E-state index in [4.69, 9.17) is 27.9 Å². The highest BCUT2D eigenvalue weighted by molar-refractivity contribution is 6.33. The third-order valence-electron chi connectivity index (χ3n) is 2.11. The maximum absolute atomic E-state index is 11.7. The first-order valence-electron chi connectivity index (χ1n) is 5.16. The van der Waals surface area contributed by atoms with Gasteiger partial charge < -0.3 is 10.1 Å². The summed E-state index contributed by atoms with van der Waals surface area (Å²) in [5.41, 5.74) is 0.416. The van der Waals surface area contributed by atoms with E-state index in [0.29, 0.717) is 30.2 Å². The molecule has 1 heterocycles. The second-order valence-corrected chi connectivity index (χ2v) is 4.48. The number of methoxy groups -OCH3 is 1. The van der Waals surface area contributed by atoms with E-state index in [9.17, 15) is 4.79 Å². The normalized spacial score (nSPS) is 12.2. The second-order valence-electron chi connectivity index (χ2n) is 3.45. The molecule has 0 bridgehead atoms. The molecule has 4 nitrogen and oxygen atoms in total. The molecule has 0 fully saturated rings. The average Bonchev–Trinajstić information content (AvgIpc) is 2.29. The summed E-state index contributed by atoms with van der Waals surface area (Å²) < 4.78 is 4.89. The largest absolute Gasteiger partial charge is 0.383 e. The van der Waals surface area contributed by atoms with Crippen molar-refractivity contribution >= 4 is 29.1 Å². The van der Waals surface area contributed by atoms with Gasteiger partial charge in [-0.2, -0.15) is 0 Å². The molecule has 1 aromatic heterocycles. The highest BCUT2D eigenvalue weighted by Crippen LogP contribution is 2.12. The molecule has 0 aliphatic heterocycles. The summed E-state index contributed by atoms with van der Waals surface area (Å²) in [7, 11) is 1.59. The number of aromatic nitrogens is 1. The van der Waals surface area contributed by atoms with Gasteiger partial charge in [0, 0.05) is 26.0 Å². The molecule has 1 unspecified atom stereocenters. The van der Waals surface area contributed by atoms with Crippen LogP contribution in [0.25, 0.3) is 0 Å². The van der Waals surface area contributed by atoms with Crippen LogP contribution in [0.15, 0.2) is 18.5 Å². The lowest BCUT2D eigenvalue weighted by atomic mass is 10.2. The molecule has 1 amide bonds. The monoisotopic (exact) mass is 276 g/mol. The van der Waals surface area contributed by atoms with Crippen LogP contribution in [0, 0.1) is 0 Å². The van der Waals surface area contributed by atoms with Gasteiger partial charge in [0.15, 0.2) is 0 Å². The van der Waals surface area contributed by atoms with Crippen molar-refractivity contribution in [2.45, 2.75) is 11.8 Å². The van der Waals surface area contributed by atoms with Crippen molar-refractivity contribution in [3.05, 3.63) is 29.0 Å². The fourth-order valence-corrected chi connectivity index (χ4v) is 1.70. The molecule has 0 saturated heterocycles. The summed E-state index contributed by atoms with van der Waals surface area (Å²) in [6, 6.07) is 1.57. The van der Waals surface area contributed by atoms with Crippen LogP contribution in [0.3, 0.4) is 0 Å². The molecule has 6 heteroatoms. The Hall–Kier alpha value is -0.840. The number of nitrogens with zero attached hydrogens (tertiary/aromatic N) is 1. The van der Waals surface area contributed by atoms with E-state index in [1.165, 1.54) is 12.4 Å². The Morgan fingerprint density at radius 1 is 1.65 bits per heavy atom. The molecule has 1 rings (SSSR count). The first-order chi connectivity index (χ1) is 8.15. The number of ether oxygens (including phenoxy) is 1. The number of carbonyl (C=O) groups is 1. The maximum atomic E-state index is 11.7. The smallest absolute Gasteiger partial charge is 0.252 e. The van der Waals surface area contributed by atoms with Crippen LogP contribution in [-0.2, 0) is 4.74 Å². The summed E-state index contributed by atoms with van der Waals surface area (Å²) in [5.74, 6) is -0.223. The quantitative estimate of drug-likeness (QED) is 0.810. The Labute approximate surface area is 110 Å². The summed E-state index contributed by atoms with van der Waals surface area (Å²) >= 11 is 11.8. The number of halogens is 2. The minimum atomic E-state index is -0.223. The van der Waals surface area contributed by atoms with Crippen molar-refractivity contribution in [2.24, 2.45) is 0 Å². The number of hydrogen-bond donors (Lipinski definition) is 1. The van der Waals surface area contributed by atoms with Gasteiger partial charge in [-0.05, 0) is 12.5 Å². The topological polar surface area (TPSA) is 51.2 Å². The van der Waals surface area contributed by atoms with Gasteiger partial charge in [-0.1, -0.05) is 11.6 Å². The van der Waals surface area contributed by atoms with Crippen LogP contribution in [0.4, 0.5) is 0 Å². The number of carbonyl (C=O) groups excluding carboxylic acids is 1. The van der Waals surface area contributed by atoms with Gasteiger partial charge >= 0.3 is 0 Å². The predicted octanol–water partition coefficient (Wildman–Crippen LogP) is 2.11. The van der Waals surface area contributed by atoms with E-state index < -0.39 is 0 Å². The van der Waals surface area contributed by atoms with Crippen LogP contribution < -0.4 is 5.32 Å². The van der Waals surface area contributed by atoms with Crippen molar-refractivity contribution in [1.29, 1.82) is 0 Å². The molecule has 17 heavy (non-hydrogen) atoms. The highest BCUT2D eigenvalue weighted by Gasteiger charge is 2.10. The first-order valence-corrected chi connectivity index (χ1v) is 5.97. The van der Waals surface area contributed by atoms with Crippen LogP contribution in [0.5, 0.6) is 0 Å². The number of alkyl halides is 1. The number of nitrogens with one attached hydrogen (secondary N) is 1. The van der Waals surface area contributed by atoms with Gasteiger partial charge in [-0.15, -0.1) is 11.6 Å². The van der Waals surface area contributed by atoms with Crippen molar-refractivity contribution in [1.82, 2.24) is 10.3 Å². The summed E-state index contributed by atoms with van der Waals surface area (Å²) in [5, 5.41) is 2.97. The zero-order valence-corrected chi connectivity index (χ0v) is 11.0. The van der Waals surface area contributed by atoms with E-state index in [1.54, 1.807) is 13.2 Å². The lowest BCUT2D eigenvalue weighted by Gasteiger charge is -2.09. The average molecular weight is 277 g/mol. The van der Waals surface area contributed by atoms with Gasteiger partial charge in [0.2, 0.25) is 0 Å². The molecule has 0 aliphatic carbocycles. The molecule has 1 N–H and O–H groups in total. The van der Waals surface area contributed by atoms with Gasteiger partial charge in [-0.25, -0.2) is 0 Å². The van der Waals surface area contributed by atoms with Crippen molar-refractivity contribution in [3.63, 3.8) is 0 Å². The Morgan fingerprint density at radius 2 is 2.41 bits per heavy atom. The van der Waals surface area contributed by atoms with Crippen LogP contribution in [0.1, 0.15) is 16.8 Å². The number of amides is 1. The summed E-state index contributed by atoms with van der Waals surface area (Å²) in [6.07, 6.45) is 3.60. The molecule has 1 atom stereocenters. The zero-order valence-electron chi connectivity index (χ0n) is 9.45. The van der Waals surface area contributed by atoms with E-state index in [0.717, 1.165) is 0 Å². The third kappa shape index (κ3) is 4.89. The highest BCUT2D eigenvalue weighted by atomic mass is 35.5. The number of hydrogen-bond acceptors (Lipinski definition) is 3. The van der Waals surface area contributed by atoms with Crippen molar-refractivity contribution in [2.75, 3.05) is 20.3 Å². The Morgan fingerprint density at radius 3 is 3.06 bits per heavy atom. The molecule has 94 valence electrons. The minimum Gasteiger partial charge on any atom is -0.383 e. The Balaban J connectivity index is 2.38. The van der Waals surface area contributed by atoms with Crippen molar-refractivity contribution in [3.8, 4) is 0 Å².